The number of nitro benzene ring substituents is 1. The number of carboxylic acids is 1. The third kappa shape index (κ3) is 4.03. The molecule has 1 amide bonds. The zero-order chi connectivity index (χ0) is 15.4. The zero-order valence-electron chi connectivity index (χ0n) is 11.1. The first kappa shape index (κ1) is 17.1. The van der Waals surface area contributed by atoms with Crippen LogP contribution in [-0.4, -0.2) is 21.9 Å². The van der Waals surface area contributed by atoms with Gasteiger partial charge in [0, 0.05) is 23.4 Å². The van der Waals surface area contributed by atoms with E-state index in [4.69, 9.17) is 5.11 Å². The number of amides is 1. The summed E-state index contributed by atoms with van der Waals surface area (Å²) < 4.78 is 0. The number of carboxylic acid groups (broad SMARTS) is 1. The lowest BCUT2D eigenvalue weighted by atomic mass is 10.1. The third-order valence-corrected chi connectivity index (χ3v) is 2.67. The molecule has 0 aliphatic rings. The normalized spacial score (nSPS) is 9.45. The Labute approximate surface area is 131 Å². The summed E-state index contributed by atoms with van der Waals surface area (Å²) in [6, 6.07) is 11.4. The average Bonchev–Trinajstić information content (AvgIpc) is 2.47. The second-order valence-electron chi connectivity index (χ2n) is 4.15. The summed E-state index contributed by atoms with van der Waals surface area (Å²) in [4.78, 5) is 33.0. The van der Waals surface area contributed by atoms with E-state index < -0.39 is 22.5 Å². The van der Waals surface area contributed by atoms with Crippen molar-refractivity contribution in [2.24, 2.45) is 0 Å². The summed E-state index contributed by atoms with van der Waals surface area (Å²) in [6.07, 6.45) is 0. The zero-order valence-corrected chi connectivity index (χ0v) is 11.9. The Bertz CT molecular complexity index is 686. The Morgan fingerprint density at radius 2 is 1.68 bits per heavy atom. The molecular weight excluding hydrogens is 312 g/mol. The Balaban J connectivity index is 0.00000242. The predicted molar refractivity (Wildman–Crippen MR) is 81.7 cm³/mol. The van der Waals surface area contributed by atoms with E-state index >= 15 is 0 Å². The molecule has 2 N–H and O–H groups in total. The lowest BCUT2D eigenvalue weighted by Gasteiger charge is -2.06. The molecule has 0 heterocycles. The lowest BCUT2D eigenvalue weighted by Crippen LogP contribution is -2.12. The molecule has 0 unspecified atom stereocenters. The molecule has 0 bridgehead atoms. The van der Waals surface area contributed by atoms with Gasteiger partial charge in [-0.15, -0.1) is 12.4 Å². The van der Waals surface area contributed by atoms with Crippen LogP contribution in [0.1, 0.15) is 20.7 Å². The van der Waals surface area contributed by atoms with Gasteiger partial charge in [-0.05, 0) is 18.2 Å². The Morgan fingerprint density at radius 1 is 1.05 bits per heavy atom. The van der Waals surface area contributed by atoms with Crippen LogP contribution in [0, 0.1) is 10.1 Å². The van der Waals surface area contributed by atoms with Gasteiger partial charge in [0.05, 0.1) is 10.5 Å². The highest BCUT2D eigenvalue weighted by molar-refractivity contribution is 6.05. The number of rotatable bonds is 4. The fourth-order valence-corrected chi connectivity index (χ4v) is 1.71. The number of hydrogen-bond donors (Lipinski definition) is 2. The van der Waals surface area contributed by atoms with Crippen molar-refractivity contribution in [2.45, 2.75) is 0 Å². The van der Waals surface area contributed by atoms with Gasteiger partial charge in [0.2, 0.25) is 0 Å². The van der Waals surface area contributed by atoms with Crippen molar-refractivity contribution in [1.29, 1.82) is 0 Å². The van der Waals surface area contributed by atoms with Crippen molar-refractivity contribution in [1.82, 2.24) is 0 Å². The van der Waals surface area contributed by atoms with Gasteiger partial charge >= 0.3 is 5.97 Å². The third-order valence-electron chi connectivity index (χ3n) is 2.67. The quantitative estimate of drug-likeness (QED) is 0.664. The minimum atomic E-state index is -1.31. The van der Waals surface area contributed by atoms with Crippen molar-refractivity contribution in [2.75, 3.05) is 5.32 Å². The van der Waals surface area contributed by atoms with Crippen LogP contribution < -0.4 is 5.32 Å². The predicted octanol–water partition coefficient (Wildman–Crippen LogP) is 2.97. The molecule has 0 saturated heterocycles. The standard InChI is InChI=1S/C14H10N2O5.ClH/c17-13(9-4-2-1-3-5-9)15-11-6-10(14(18)19)7-12(8-11)16(20)21;/h1-8H,(H,15,17)(H,18,19);1H. The first-order valence-corrected chi connectivity index (χ1v) is 5.86. The van der Waals surface area contributed by atoms with Gasteiger partial charge in [-0.1, -0.05) is 18.2 Å². The summed E-state index contributed by atoms with van der Waals surface area (Å²) in [7, 11) is 0. The number of aromatic carboxylic acids is 1. The smallest absolute Gasteiger partial charge is 0.336 e. The van der Waals surface area contributed by atoms with Gasteiger partial charge < -0.3 is 10.4 Å². The number of hydrogen-bond acceptors (Lipinski definition) is 4. The average molecular weight is 323 g/mol. The largest absolute Gasteiger partial charge is 0.478 e. The number of nitrogens with one attached hydrogen (secondary N) is 1. The number of carbonyl (C=O) groups is 2. The topological polar surface area (TPSA) is 110 Å². The molecule has 2 aromatic rings. The first-order chi connectivity index (χ1) is 9.97. The minimum absolute atomic E-state index is 0. The van der Waals surface area contributed by atoms with Crippen LogP contribution >= 0.6 is 12.4 Å². The summed E-state index contributed by atoms with van der Waals surface area (Å²) in [5.41, 5.74) is -0.262. The number of carbonyl (C=O) groups excluding carboxylic acids is 1. The first-order valence-electron chi connectivity index (χ1n) is 5.86. The fraction of sp³-hybridized carbons (Fsp3) is 0. The number of non-ortho nitro benzene ring substituents is 1. The van der Waals surface area contributed by atoms with Crippen LogP contribution in [0.5, 0.6) is 0 Å². The van der Waals surface area contributed by atoms with Gasteiger partial charge in [-0.2, -0.15) is 0 Å². The number of nitro groups is 1. The minimum Gasteiger partial charge on any atom is -0.478 e. The molecule has 0 spiro atoms. The van der Waals surface area contributed by atoms with Crippen molar-refractivity contribution in [3.63, 3.8) is 0 Å². The molecule has 22 heavy (non-hydrogen) atoms. The Hall–Kier alpha value is -2.93. The SMILES string of the molecule is Cl.O=C(O)c1cc(NC(=O)c2ccccc2)cc([N+](=O)[O-])c1. The van der Waals surface area contributed by atoms with Crippen molar-refractivity contribution < 1.29 is 19.6 Å². The molecule has 8 heteroatoms. The molecule has 0 fully saturated rings. The van der Waals surface area contributed by atoms with Gasteiger partial charge in [0.1, 0.15) is 0 Å². The van der Waals surface area contributed by atoms with Crippen LogP contribution in [0.15, 0.2) is 48.5 Å². The van der Waals surface area contributed by atoms with E-state index in [0.717, 1.165) is 18.2 Å². The monoisotopic (exact) mass is 322 g/mol. The maximum atomic E-state index is 11.9. The molecule has 114 valence electrons. The molecular formula is C14H11ClN2O5. The lowest BCUT2D eigenvalue weighted by molar-refractivity contribution is -0.384. The summed E-state index contributed by atoms with van der Waals surface area (Å²) in [5.74, 6) is -1.79. The molecule has 0 radical (unpaired) electrons. The summed E-state index contributed by atoms with van der Waals surface area (Å²) in [5, 5.41) is 22.2. The van der Waals surface area contributed by atoms with Gasteiger partial charge in [-0.25, -0.2) is 4.79 Å². The van der Waals surface area contributed by atoms with E-state index in [-0.39, 0.29) is 23.7 Å². The Kier molecular flexibility index (Phi) is 5.59. The van der Waals surface area contributed by atoms with Crippen molar-refractivity contribution >= 4 is 35.7 Å². The van der Waals surface area contributed by atoms with Crippen LogP contribution in [-0.2, 0) is 0 Å². The number of halogens is 1. The highest BCUT2D eigenvalue weighted by Gasteiger charge is 2.15. The van der Waals surface area contributed by atoms with Gasteiger partial charge in [0.15, 0.2) is 0 Å². The van der Waals surface area contributed by atoms with Crippen LogP contribution in [0.2, 0.25) is 0 Å². The second-order valence-corrected chi connectivity index (χ2v) is 4.15. The van der Waals surface area contributed by atoms with E-state index in [1.54, 1.807) is 30.3 Å². The van der Waals surface area contributed by atoms with Crippen LogP contribution in [0.25, 0.3) is 0 Å². The van der Waals surface area contributed by atoms with E-state index in [2.05, 4.69) is 5.32 Å². The van der Waals surface area contributed by atoms with E-state index in [1.807, 2.05) is 0 Å². The number of nitrogens with zero attached hydrogens (tertiary/aromatic N) is 1. The summed E-state index contributed by atoms with van der Waals surface area (Å²) >= 11 is 0. The highest BCUT2D eigenvalue weighted by Crippen LogP contribution is 2.21. The number of anilines is 1. The van der Waals surface area contributed by atoms with Crippen LogP contribution in [0.3, 0.4) is 0 Å². The highest BCUT2D eigenvalue weighted by atomic mass is 35.5. The van der Waals surface area contributed by atoms with Crippen molar-refractivity contribution in [3.8, 4) is 0 Å². The molecule has 7 nitrogen and oxygen atoms in total. The second kappa shape index (κ2) is 7.19. The summed E-state index contributed by atoms with van der Waals surface area (Å²) in [6.45, 7) is 0. The molecule has 0 aromatic heterocycles. The maximum absolute atomic E-state index is 11.9. The molecule has 0 aliphatic carbocycles. The molecule has 0 saturated carbocycles. The number of benzene rings is 2. The maximum Gasteiger partial charge on any atom is 0.336 e. The molecule has 0 aliphatic heterocycles. The van der Waals surface area contributed by atoms with E-state index in [0.29, 0.717) is 5.56 Å². The Morgan fingerprint density at radius 3 is 2.23 bits per heavy atom. The fourth-order valence-electron chi connectivity index (χ4n) is 1.71. The molecule has 0 atom stereocenters. The van der Waals surface area contributed by atoms with Crippen molar-refractivity contribution in [3.05, 3.63) is 69.8 Å². The van der Waals surface area contributed by atoms with Gasteiger partial charge in [-0.3, -0.25) is 14.9 Å². The van der Waals surface area contributed by atoms with E-state index in [9.17, 15) is 19.7 Å². The molecule has 2 rings (SSSR count). The van der Waals surface area contributed by atoms with Crippen LogP contribution in [0.4, 0.5) is 11.4 Å². The molecule has 2 aromatic carbocycles. The van der Waals surface area contributed by atoms with Gasteiger partial charge in [0.25, 0.3) is 11.6 Å². The van der Waals surface area contributed by atoms with E-state index in [1.165, 1.54) is 0 Å².